The summed E-state index contributed by atoms with van der Waals surface area (Å²) < 4.78 is 26.7. The quantitative estimate of drug-likeness (QED) is 0.886. The van der Waals surface area contributed by atoms with E-state index in [4.69, 9.17) is 16.7 Å². The van der Waals surface area contributed by atoms with Crippen LogP contribution < -0.4 is 4.72 Å². The zero-order valence-corrected chi connectivity index (χ0v) is 11.2. The molecule has 0 spiro atoms. The highest BCUT2D eigenvalue weighted by atomic mass is 35.5. The van der Waals surface area contributed by atoms with E-state index in [1.807, 2.05) is 0 Å². The summed E-state index contributed by atoms with van der Waals surface area (Å²) in [6.45, 7) is 1.79. The first kappa shape index (κ1) is 13.3. The molecule has 1 aromatic carbocycles. The van der Waals surface area contributed by atoms with Crippen LogP contribution in [-0.2, 0) is 10.0 Å². The van der Waals surface area contributed by atoms with Gasteiger partial charge < -0.3 is 5.11 Å². The molecule has 0 atom stereocenters. The Bertz CT molecular complexity index is 607. The lowest BCUT2D eigenvalue weighted by Crippen LogP contribution is -2.34. The van der Waals surface area contributed by atoms with E-state index in [0.717, 1.165) is 18.9 Å². The van der Waals surface area contributed by atoms with Gasteiger partial charge in [0.25, 0.3) is 0 Å². The van der Waals surface area contributed by atoms with Gasteiger partial charge in [0.05, 0.1) is 10.6 Å². The molecular formula is C11H12ClNO4S. The normalized spacial score (nSPS) is 17.4. The average Bonchev–Trinajstić information content (AvgIpc) is 2.94. The predicted octanol–water partition coefficient (Wildman–Crippen LogP) is 1.87. The maximum atomic E-state index is 12.1. The Labute approximate surface area is 110 Å². The van der Waals surface area contributed by atoms with E-state index >= 15 is 0 Å². The highest BCUT2D eigenvalue weighted by Crippen LogP contribution is 2.36. The van der Waals surface area contributed by atoms with Crippen molar-refractivity contribution in [2.45, 2.75) is 30.2 Å². The number of rotatable bonds is 4. The molecule has 98 valence electrons. The topological polar surface area (TPSA) is 83.5 Å². The van der Waals surface area contributed by atoms with Crippen LogP contribution in [-0.4, -0.2) is 25.0 Å². The average molecular weight is 290 g/mol. The van der Waals surface area contributed by atoms with Crippen LogP contribution >= 0.6 is 11.6 Å². The summed E-state index contributed by atoms with van der Waals surface area (Å²) in [6, 6.07) is 3.61. The van der Waals surface area contributed by atoms with Gasteiger partial charge in [0.1, 0.15) is 4.90 Å². The molecule has 1 aromatic rings. The zero-order valence-electron chi connectivity index (χ0n) is 9.60. The number of nitrogens with one attached hydrogen (secondary N) is 1. The number of hydrogen-bond acceptors (Lipinski definition) is 3. The predicted molar refractivity (Wildman–Crippen MR) is 66.4 cm³/mol. The van der Waals surface area contributed by atoms with Crippen molar-refractivity contribution in [1.82, 2.24) is 4.72 Å². The molecule has 0 unspecified atom stereocenters. The number of sulfonamides is 1. The molecule has 1 fully saturated rings. The van der Waals surface area contributed by atoms with Crippen molar-refractivity contribution < 1.29 is 18.3 Å². The first-order valence-corrected chi connectivity index (χ1v) is 7.16. The minimum atomic E-state index is -3.79. The van der Waals surface area contributed by atoms with Crippen molar-refractivity contribution in [3.05, 3.63) is 28.8 Å². The number of halogens is 1. The molecule has 2 rings (SSSR count). The Morgan fingerprint density at radius 1 is 1.44 bits per heavy atom. The molecule has 0 radical (unpaired) electrons. The summed E-state index contributed by atoms with van der Waals surface area (Å²) in [6.07, 6.45) is 1.53. The first-order valence-electron chi connectivity index (χ1n) is 5.30. The fraction of sp³-hybridized carbons (Fsp3) is 0.364. The zero-order chi connectivity index (χ0) is 13.6. The van der Waals surface area contributed by atoms with Crippen LogP contribution in [0.5, 0.6) is 0 Å². The Morgan fingerprint density at radius 3 is 2.56 bits per heavy atom. The lowest BCUT2D eigenvalue weighted by molar-refractivity contribution is 0.0696. The van der Waals surface area contributed by atoms with Gasteiger partial charge in [-0.25, -0.2) is 17.9 Å². The maximum Gasteiger partial charge on any atom is 0.335 e. The molecular weight excluding hydrogens is 278 g/mol. The van der Waals surface area contributed by atoms with Gasteiger partial charge in [0.15, 0.2) is 0 Å². The molecule has 5 nitrogen and oxygen atoms in total. The fourth-order valence-electron chi connectivity index (χ4n) is 1.51. The summed E-state index contributed by atoms with van der Waals surface area (Å²) in [7, 11) is -3.79. The number of aromatic carboxylic acids is 1. The molecule has 0 aliphatic heterocycles. The number of hydrogen-bond donors (Lipinski definition) is 2. The van der Waals surface area contributed by atoms with Crippen LogP contribution in [0.2, 0.25) is 5.02 Å². The van der Waals surface area contributed by atoms with E-state index in [1.165, 1.54) is 12.1 Å². The Kier molecular flexibility index (Phi) is 3.12. The molecule has 0 bridgehead atoms. The highest BCUT2D eigenvalue weighted by Gasteiger charge is 2.41. The van der Waals surface area contributed by atoms with Gasteiger partial charge in [-0.15, -0.1) is 0 Å². The van der Waals surface area contributed by atoms with Crippen LogP contribution in [0.25, 0.3) is 0 Å². The smallest absolute Gasteiger partial charge is 0.335 e. The van der Waals surface area contributed by atoms with E-state index in [0.29, 0.717) is 0 Å². The molecule has 0 saturated heterocycles. The van der Waals surface area contributed by atoms with Gasteiger partial charge >= 0.3 is 5.97 Å². The molecule has 18 heavy (non-hydrogen) atoms. The third kappa shape index (κ3) is 2.66. The van der Waals surface area contributed by atoms with E-state index in [2.05, 4.69) is 4.72 Å². The Morgan fingerprint density at radius 2 is 2.06 bits per heavy atom. The third-order valence-corrected chi connectivity index (χ3v) is 4.97. The number of carboxylic acids is 1. The largest absolute Gasteiger partial charge is 0.478 e. The van der Waals surface area contributed by atoms with Crippen molar-refractivity contribution in [3.8, 4) is 0 Å². The van der Waals surface area contributed by atoms with Gasteiger partial charge in [-0.2, -0.15) is 0 Å². The molecule has 0 amide bonds. The number of benzene rings is 1. The van der Waals surface area contributed by atoms with Gasteiger partial charge in [-0.05, 0) is 38.0 Å². The van der Waals surface area contributed by atoms with E-state index < -0.39 is 21.5 Å². The van der Waals surface area contributed by atoms with Gasteiger partial charge in [0, 0.05) is 5.54 Å². The van der Waals surface area contributed by atoms with Crippen LogP contribution in [0.3, 0.4) is 0 Å². The lowest BCUT2D eigenvalue weighted by atomic mass is 10.2. The summed E-state index contributed by atoms with van der Waals surface area (Å²) in [5.41, 5.74) is -0.540. The first-order chi connectivity index (χ1) is 8.23. The second-order valence-electron chi connectivity index (χ2n) is 4.62. The molecule has 2 N–H and O–H groups in total. The van der Waals surface area contributed by atoms with Crippen LogP contribution in [0.4, 0.5) is 0 Å². The number of carboxylic acid groups (broad SMARTS) is 1. The fourth-order valence-corrected chi connectivity index (χ4v) is 3.50. The third-order valence-electron chi connectivity index (χ3n) is 2.85. The van der Waals surface area contributed by atoms with Crippen molar-refractivity contribution in [3.63, 3.8) is 0 Å². The minimum absolute atomic E-state index is 0.0109. The molecule has 1 saturated carbocycles. The Balaban J connectivity index is 2.43. The van der Waals surface area contributed by atoms with Crippen molar-refractivity contribution in [2.75, 3.05) is 0 Å². The van der Waals surface area contributed by atoms with E-state index in [1.54, 1.807) is 6.92 Å². The second kappa shape index (κ2) is 4.22. The van der Waals surface area contributed by atoms with Crippen molar-refractivity contribution in [1.29, 1.82) is 0 Å². The monoisotopic (exact) mass is 289 g/mol. The summed E-state index contributed by atoms with van der Waals surface area (Å²) in [4.78, 5) is 10.6. The van der Waals surface area contributed by atoms with Crippen LogP contribution in [0, 0.1) is 0 Å². The van der Waals surface area contributed by atoms with Gasteiger partial charge in [-0.3, -0.25) is 0 Å². The molecule has 0 heterocycles. The standard InChI is InChI=1S/C11H12ClNO4S/c1-11(4-5-11)13-18(16,17)9-6-7(10(14)15)2-3-8(9)12/h2-3,6,13H,4-5H2,1H3,(H,14,15). The summed E-state index contributed by atoms with van der Waals surface area (Å²) >= 11 is 5.82. The van der Waals surface area contributed by atoms with Crippen molar-refractivity contribution >= 4 is 27.6 Å². The molecule has 7 heteroatoms. The SMILES string of the molecule is CC1(NS(=O)(=O)c2cc(C(=O)O)ccc2Cl)CC1. The summed E-state index contributed by atoms with van der Waals surface area (Å²) in [5.74, 6) is -1.19. The van der Waals surface area contributed by atoms with E-state index in [9.17, 15) is 13.2 Å². The minimum Gasteiger partial charge on any atom is -0.478 e. The van der Waals surface area contributed by atoms with E-state index in [-0.39, 0.29) is 15.5 Å². The van der Waals surface area contributed by atoms with Gasteiger partial charge in [0.2, 0.25) is 10.0 Å². The molecule has 0 aromatic heterocycles. The number of carbonyl (C=O) groups is 1. The van der Waals surface area contributed by atoms with Crippen molar-refractivity contribution in [2.24, 2.45) is 0 Å². The molecule has 1 aliphatic carbocycles. The summed E-state index contributed by atoms with van der Waals surface area (Å²) in [5, 5.41) is 8.86. The highest BCUT2D eigenvalue weighted by molar-refractivity contribution is 7.89. The molecule has 1 aliphatic rings. The maximum absolute atomic E-state index is 12.1. The van der Waals surface area contributed by atoms with Crippen LogP contribution in [0.15, 0.2) is 23.1 Å². The van der Waals surface area contributed by atoms with Crippen LogP contribution in [0.1, 0.15) is 30.1 Å². The van der Waals surface area contributed by atoms with Gasteiger partial charge in [-0.1, -0.05) is 11.6 Å². The second-order valence-corrected chi connectivity index (χ2v) is 6.67. The lowest BCUT2D eigenvalue weighted by Gasteiger charge is -2.13. The Hall–Kier alpha value is -1.11.